The third kappa shape index (κ3) is 3.16. The molecule has 0 heterocycles. The molecule has 2 fully saturated rings. The molecule has 2 N–H and O–H groups in total. The second-order valence-corrected chi connectivity index (χ2v) is 6.86. The summed E-state index contributed by atoms with van der Waals surface area (Å²) in [4.78, 5) is 23.5. The number of nitrogens with one attached hydrogen (secondary N) is 2. The summed E-state index contributed by atoms with van der Waals surface area (Å²) in [7, 11) is 0. The monoisotopic (exact) mass is 300 g/mol. The van der Waals surface area contributed by atoms with Crippen molar-refractivity contribution in [3.8, 4) is 0 Å². The first-order valence-electron chi connectivity index (χ1n) is 8.21. The van der Waals surface area contributed by atoms with Gasteiger partial charge in [-0.1, -0.05) is 12.5 Å². The van der Waals surface area contributed by atoms with E-state index >= 15 is 0 Å². The molecule has 2 aliphatic rings. The summed E-state index contributed by atoms with van der Waals surface area (Å²) in [5.74, 6) is 2.13. The number of fused-ring (bicyclic) bond motifs is 2. The lowest BCUT2D eigenvalue weighted by Gasteiger charge is -2.28. The van der Waals surface area contributed by atoms with Gasteiger partial charge in [-0.2, -0.15) is 0 Å². The highest BCUT2D eigenvalue weighted by molar-refractivity contribution is 5.96. The van der Waals surface area contributed by atoms with Crippen molar-refractivity contribution in [1.29, 1.82) is 0 Å². The molecule has 2 amide bonds. The highest BCUT2D eigenvalue weighted by Crippen LogP contribution is 2.49. The molecule has 2 aliphatic carbocycles. The van der Waals surface area contributed by atoms with Crippen LogP contribution in [-0.4, -0.2) is 17.9 Å². The lowest BCUT2D eigenvalue weighted by atomic mass is 9.84. The van der Waals surface area contributed by atoms with Crippen molar-refractivity contribution < 1.29 is 9.59 Å². The van der Waals surface area contributed by atoms with E-state index < -0.39 is 0 Å². The molecule has 0 spiro atoms. The Morgan fingerprint density at radius 1 is 1.23 bits per heavy atom. The Kier molecular flexibility index (Phi) is 4.19. The molecule has 0 radical (unpaired) electrons. The molecule has 2 saturated carbocycles. The van der Waals surface area contributed by atoms with Gasteiger partial charge in [0.05, 0.1) is 0 Å². The number of hydrogen-bond acceptors (Lipinski definition) is 2. The van der Waals surface area contributed by atoms with E-state index in [1.54, 1.807) is 24.3 Å². The largest absolute Gasteiger partial charge is 0.349 e. The molecule has 4 heteroatoms. The van der Waals surface area contributed by atoms with E-state index in [0.717, 1.165) is 11.8 Å². The van der Waals surface area contributed by atoms with Crippen molar-refractivity contribution in [1.82, 2.24) is 5.32 Å². The van der Waals surface area contributed by atoms with E-state index in [0.29, 0.717) is 17.2 Å². The number of rotatable bonds is 4. The molecule has 1 aromatic carbocycles. The highest BCUT2D eigenvalue weighted by Gasteiger charge is 2.42. The molecule has 3 rings (SSSR count). The van der Waals surface area contributed by atoms with Crippen molar-refractivity contribution in [2.75, 3.05) is 5.32 Å². The zero-order chi connectivity index (χ0) is 15.7. The lowest BCUT2D eigenvalue weighted by molar-refractivity contribution is -0.114. The van der Waals surface area contributed by atoms with E-state index in [1.807, 2.05) is 0 Å². The lowest BCUT2D eigenvalue weighted by Crippen LogP contribution is -2.40. The van der Waals surface area contributed by atoms with Crippen LogP contribution in [0.3, 0.4) is 0 Å². The normalized spacial score (nSPS) is 27.5. The van der Waals surface area contributed by atoms with Crippen LogP contribution < -0.4 is 10.6 Å². The van der Waals surface area contributed by atoms with Crippen LogP contribution in [0.1, 0.15) is 49.9 Å². The van der Waals surface area contributed by atoms with E-state index in [-0.39, 0.29) is 17.9 Å². The van der Waals surface area contributed by atoms with Gasteiger partial charge < -0.3 is 10.6 Å². The molecule has 2 bridgehead atoms. The molecule has 22 heavy (non-hydrogen) atoms. The molecule has 4 atom stereocenters. The summed E-state index contributed by atoms with van der Waals surface area (Å²) in [6.45, 7) is 3.59. The van der Waals surface area contributed by atoms with Crippen LogP contribution in [0.5, 0.6) is 0 Å². The SMILES string of the molecule is CC(=O)Nc1cccc(C(=O)NC(C)C2CC3CCC2C3)c1. The van der Waals surface area contributed by atoms with Gasteiger partial charge in [0.1, 0.15) is 0 Å². The van der Waals surface area contributed by atoms with Gasteiger partial charge in [0.15, 0.2) is 0 Å². The Bertz CT molecular complexity index is 584. The van der Waals surface area contributed by atoms with E-state index in [2.05, 4.69) is 17.6 Å². The van der Waals surface area contributed by atoms with Crippen molar-refractivity contribution in [3.63, 3.8) is 0 Å². The fourth-order valence-corrected chi connectivity index (χ4v) is 4.24. The van der Waals surface area contributed by atoms with Crippen LogP contribution in [0.25, 0.3) is 0 Å². The minimum Gasteiger partial charge on any atom is -0.349 e. The maximum absolute atomic E-state index is 12.4. The quantitative estimate of drug-likeness (QED) is 0.897. The minimum atomic E-state index is -0.132. The molecule has 4 nitrogen and oxygen atoms in total. The predicted octanol–water partition coefficient (Wildman–Crippen LogP) is 3.20. The summed E-state index contributed by atoms with van der Waals surface area (Å²) in [5, 5.41) is 5.86. The summed E-state index contributed by atoms with van der Waals surface area (Å²) in [6, 6.07) is 7.31. The Balaban J connectivity index is 1.63. The minimum absolute atomic E-state index is 0.0533. The van der Waals surface area contributed by atoms with Crippen molar-refractivity contribution in [2.24, 2.45) is 17.8 Å². The van der Waals surface area contributed by atoms with Gasteiger partial charge in [-0.15, -0.1) is 0 Å². The maximum Gasteiger partial charge on any atom is 0.251 e. The average molecular weight is 300 g/mol. The molecule has 1 aromatic rings. The van der Waals surface area contributed by atoms with Gasteiger partial charge >= 0.3 is 0 Å². The zero-order valence-electron chi connectivity index (χ0n) is 13.3. The van der Waals surface area contributed by atoms with E-state index in [4.69, 9.17) is 0 Å². The molecule has 0 aromatic heterocycles. The first-order valence-corrected chi connectivity index (χ1v) is 8.21. The fourth-order valence-electron chi connectivity index (χ4n) is 4.24. The first kappa shape index (κ1) is 15.1. The molecule has 118 valence electrons. The second kappa shape index (κ2) is 6.11. The smallest absolute Gasteiger partial charge is 0.251 e. The number of amides is 2. The van der Waals surface area contributed by atoms with Gasteiger partial charge in [-0.05, 0) is 62.1 Å². The van der Waals surface area contributed by atoms with Gasteiger partial charge in [-0.3, -0.25) is 9.59 Å². The molecule has 4 unspecified atom stereocenters. The Morgan fingerprint density at radius 3 is 2.68 bits per heavy atom. The Hall–Kier alpha value is -1.84. The van der Waals surface area contributed by atoms with Crippen molar-refractivity contribution in [3.05, 3.63) is 29.8 Å². The third-order valence-corrected chi connectivity index (χ3v) is 5.24. The molecule has 0 aliphatic heterocycles. The van der Waals surface area contributed by atoms with Crippen LogP contribution in [-0.2, 0) is 4.79 Å². The molecular weight excluding hydrogens is 276 g/mol. The van der Waals surface area contributed by atoms with Gasteiger partial charge in [0.2, 0.25) is 5.91 Å². The molecule has 0 saturated heterocycles. The summed E-state index contributed by atoms with van der Waals surface area (Å²) >= 11 is 0. The van der Waals surface area contributed by atoms with Gasteiger partial charge in [-0.25, -0.2) is 0 Å². The summed E-state index contributed by atoms with van der Waals surface area (Å²) in [6.07, 6.45) is 5.31. The standard InChI is InChI=1S/C18H24N2O2/c1-11(17-9-13-6-7-14(17)8-13)19-18(22)15-4-3-5-16(10-15)20-12(2)21/h3-5,10-11,13-14,17H,6-9H2,1-2H3,(H,19,22)(H,20,21). The Labute approximate surface area is 131 Å². The topological polar surface area (TPSA) is 58.2 Å². The third-order valence-electron chi connectivity index (χ3n) is 5.24. The fraction of sp³-hybridized carbons (Fsp3) is 0.556. The van der Waals surface area contributed by atoms with Crippen LogP contribution in [0.2, 0.25) is 0 Å². The summed E-state index contributed by atoms with van der Waals surface area (Å²) < 4.78 is 0. The molecular formula is C18H24N2O2. The van der Waals surface area contributed by atoms with Gasteiger partial charge in [0, 0.05) is 24.2 Å². The number of hydrogen-bond donors (Lipinski definition) is 2. The van der Waals surface area contributed by atoms with Crippen LogP contribution in [0.15, 0.2) is 24.3 Å². The first-order chi connectivity index (χ1) is 10.5. The number of carbonyl (C=O) groups excluding carboxylic acids is 2. The number of anilines is 1. The van der Waals surface area contributed by atoms with E-state index in [1.165, 1.54) is 32.6 Å². The number of carbonyl (C=O) groups is 2. The summed E-state index contributed by atoms with van der Waals surface area (Å²) in [5.41, 5.74) is 1.26. The maximum atomic E-state index is 12.4. The van der Waals surface area contributed by atoms with Crippen molar-refractivity contribution in [2.45, 2.75) is 45.6 Å². The average Bonchev–Trinajstić information content (AvgIpc) is 3.09. The second-order valence-electron chi connectivity index (χ2n) is 6.86. The van der Waals surface area contributed by atoms with E-state index in [9.17, 15) is 9.59 Å². The highest BCUT2D eigenvalue weighted by atomic mass is 16.2. The predicted molar refractivity (Wildman–Crippen MR) is 86.6 cm³/mol. The van der Waals surface area contributed by atoms with Gasteiger partial charge in [0.25, 0.3) is 5.91 Å². The van der Waals surface area contributed by atoms with Crippen molar-refractivity contribution >= 4 is 17.5 Å². The Morgan fingerprint density at radius 2 is 2.05 bits per heavy atom. The zero-order valence-corrected chi connectivity index (χ0v) is 13.3. The number of benzene rings is 1. The van der Waals surface area contributed by atoms with Crippen LogP contribution in [0, 0.1) is 17.8 Å². The van der Waals surface area contributed by atoms with Crippen LogP contribution >= 0.6 is 0 Å². The van der Waals surface area contributed by atoms with Crippen LogP contribution in [0.4, 0.5) is 5.69 Å².